The van der Waals surface area contributed by atoms with Crippen molar-refractivity contribution in [2.45, 2.75) is 19.9 Å². The fourth-order valence-electron chi connectivity index (χ4n) is 1.75. The molecule has 0 radical (unpaired) electrons. The van der Waals surface area contributed by atoms with Gasteiger partial charge in [0.15, 0.2) is 0 Å². The van der Waals surface area contributed by atoms with Crippen LogP contribution in [0.15, 0.2) is 35.1 Å². The van der Waals surface area contributed by atoms with Crippen molar-refractivity contribution in [1.29, 1.82) is 5.26 Å². The minimum Gasteiger partial charge on any atom is -0.266 e. The number of rotatable bonds is 3. The molecule has 0 N–H and O–H groups in total. The van der Waals surface area contributed by atoms with E-state index in [9.17, 15) is 9.18 Å². The van der Waals surface area contributed by atoms with Crippen molar-refractivity contribution in [3.05, 3.63) is 52.1 Å². The van der Waals surface area contributed by atoms with Gasteiger partial charge in [0, 0.05) is 12.1 Å². The number of nitrogens with zero attached hydrogens (tertiary/aromatic N) is 3. The van der Waals surface area contributed by atoms with Gasteiger partial charge in [0.2, 0.25) is 0 Å². The van der Waals surface area contributed by atoms with Crippen LogP contribution < -0.4 is 5.56 Å². The maximum Gasteiger partial charge on any atom is 0.284 e. The summed E-state index contributed by atoms with van der Waals surface area (Å²) in [5.74, 6) is -0.342. The van der Waals surface area contributed by atoms with Crippen LogP contribution in [0, 0.1) is 17.1 Å². The Morgan fingerprint density at radius 2 is 2.05 bits per heavy atom. The van der Waals surface area contributed by atoms with E-state index in [2.05, 4.69) is 5.10 Å². The first-order chi connectivity index (χ1) is 9.15. The highest BCUT2D eigenvalue weighted by Crippen LogP contribution is 2.16. The Labute approximate surface area is 109 Å². The number of aryl methyl sites for hydroxylation is 1. The highest BCUT2D eigenvalue weighted by Gasteiger charge is 2.09. The van der Waals surface area contributed by atoms with E-state index in [0.717, 1.165) is 6.42 Å². The van der Waals surface area contributed by atoms with E-state index >= 15 is 0 Å². The predicted molar refractivity (Wildman–Crippen MR) is 68.9 cm³/mol. The van der Waals surface area contributed by atoms with Crippen molar-refractivity contribution in [2.24, 2.45) is 0 Å². The van der Waals surface area contributed by atoms with Crippen LogP contribution in [0.25, 0.3) is 11.3 Å². The van der Waals surface area contributed by atoms with Crippen LogP contribution in [0.4, 0.5) is 4.39 Å². The van der Waals surface area contributed by atoms with E-state index in [-0.39, 0.29) is 11.4 Å². The summed E-state index contributed by atoms with van der Waals surface area (Å²) in [6.07, 6.45) is 0.741. The average Bonchev–Trinajstić information content (AvgIpc) is 2.42. The Morgan fingerprint density at radius 3 is 2.63 bits per heavy atom. The van der Waals surface area contributed by atoms with E-state index in [1.54, 1.807) is 12.1 Å². The second-order valence-corrected chi connectivity index (χ2v) is 4.09. The van der Waals surface area contributed by atoms with Crippen molar-refractivity contribution >= 4 is 0 Å². The molecule has 19 heavy (non-hydrogen) atoms. The maximum absolute atomic E-state index is 12.9. The van der Waals surface area contributed by atoms with Crippen molar-refractivity contribution in [3.8, 4) is 17.3 Å². The van der Waals surface area contributed by atoms with Crippen molar-refractivity contribution < 1.29 is 4.39 Å². The molecule has 1 aromatic heterocycles. The van der Waals surface area contributed by atoms with E-state index in [1.807, 2.05) is 13.0 Å². The van der Waals surface area contributed by atoms with Crippen LogP contribution in [0.1, 0.15) is 18.9 Å². The second kappa shape index (κ2) is 5.44. The molecule has 96 valence electrons. The zero-order chi connectivity index (χ0) is 13.8. The van der Waals surface area contributed by atoms with Gasteiger partial charge in [-0.1, -0.05) is 6.92 Å². The minimum atomic E-state index is -0.393. The molecule has 0 fully saturated rings. The lowest BCUT2D eigenvalue weighted by atomic mass is 10.1. The van der Waals surface area contributed by atoms with Crippen molar-refractivity contribution in [1.82, 2.24) is 9.78 Å². The van der Waals surface area contributed by atoms with Gasteiger partial charge in [-0.15, -0.1) is 0 Å². The summed E-state index contributed by atoms with van der Waals surface area (Å²) in [7, 11) is 0. The van der Waals surface area contributed by atoms with Crippen LogP contribution in [0.3, 0.4) is 0 Å². The lowest BCUT2D eigenvalue weighted by Gasteiger charge is -2.07. The molecule has 0 aliphatic rings. The summed E-state index contributed by atoms with van der Waals surface area (Å²) < 4.78 is 14.2. The van der Waals surface area contributed by atoms with Crippen LogP contribution in [-0.2, 0) is 6.54 Å². The summed E-state index contributed by atoms with van der Waals surface area (Å²) in [6.45, 7) is 2.37. The molecular weight excluding hydrogens is 245 g/mol. The molecule has 0 saturated carbocycles. The number of benzene rings is 1. The molecule has 2 aromatic rings. The zero-order valence-electron chi connectivity index (χ0n) is 10.4. The molecule has 1 aromatic carbocycles. The van der Waals surface area contributed by atoms with Gasteiger partial charge in [-0.25, -0.2) is 9.07 Å². The standard InChI is InChI=1S/C14H12FN3O/c1-2-7-18-14(19)11(9-16)8-13(17-18)10-3-5-12(15)6-4-10/h3-6,8H,2,7H2,1H3. The molecule has 0 amide bonds. The smallest absolute Gasteiger partial charge is 0.266 e. The summed E-state index contributed by atoms with van der Waals surface area (Å²) in [6, 6.07) is 9.07. The van der Waals surface area contributed by atoms with Crippen LogP contribution >= 0.6 is 0 Å². The van der Waals surface area contributed by atoms with Gasteiger partial charge in [0.25, 0.3) is 5.56 Å². The first kappa shape index (κ1) is 13.0. The Hall–Kier alpha value is -2.48. The molecule has 2 rings (SSSR count). The number of hydrogen-bond donors (Lipinski definition) is 0. The minimum absolute atomic E-state index is 0.0442. The summed E-state index contributed by atoms with van der Waals surface area (Å²) in [4.78, 5) is 11.8. The summed E-state index contributed by atoms with van der Waals surface area (Å²) in [5, 5.41) is 13.2. The van der Waals surface area contributed by atoms with Gasteiger partial charge in [-0.05, 0) is 36.8 Å². The Morgan fingerprint density at radius 1 is 1.37 bits per heavy atom. The lowest BCUT2D eigenvalue weighted by molar-refractivity contribution is 0.569. The normalized spacial score (nSPS) is 10.2. The van der Waals surface area contributed by atoms with Gasteiger partial charge < -0.3 is 0 Å². The average molecular weight is 257 g/mol. The molecule has 0 aliphatic carbocycles. The quantitative estimate of drug-likeness (QED) is 0.847. The van der Waals surface area contributed by atoms with E-state index in [1.165, 1.54) is 22.9 Å². The van der Waals surface area contributed by atoms with E-state index < -0.39 is 5.56 Å². The summed E-state index contributed by atoms with van der Waals surface area (Å²) in [5.41, 5.74) is 0.810. The largest absolute Gasteiger partial charge is 0.284 e. The number of hydrogen-bond acceptors (Lipinski definition) is 3. The fraction of sp³-hybridized carbons (Fsp3) is 0.214. The van der Waals surface area contributed by atoms with Crippen molar-refractivity contribution in [3.63, 3.8) is 0 Å². The molecule has 0 spiro atoms. The predicted octanol–water partition coefficient (Wildman–Crippen LogP) is 2.33. The van der Waals surface area contributed by atoms with Gasteiger partial charge in [-0.3, -0.25) is 4.79 Å². The first-order valence-electron chi connectivity index (χ1n) is 5.94. The van der Waals surface area contributed by atoms with E-state index in [0.29, 0.717) is 17.8 Å². The third-order valence-corrected chi connectivity index (χ3v) is 2.67. The lowest BCUT2D eigenvalue weighted by Crippen LogP contribution is -2.25. The number of aromatic nitrogens is 2. The zero-order valence-corrected chi connectivity index (χ0v) is 10.4. The number of halogens is 1. The molecule has 0 unspecified atom stereocenters. The monoisotopic (exact) mass is 257 g/mol. The van der Waals surface area contributed by atoms with Gasteiger partial charge in [-0.2, -0.15) is 10.4 Å². The van der Waals surface area contributed by atoms with Gasteiger partial charge in [0.05, 0.1) is 5.69 Å². The molecule has 0 atom stereocenters. The second-order valence-electron chi connectivity index (χ2n) is 4.09. The topological polar surface area (TPSA) is 58.7 Å². The Bertz CT molecular complexity index is 683. The van der Waals surface area contributed by atoms with Crippen LogP contribution in [-0.4, -0.2) is 9.78 Å². The molecule has 5 heteroatoms. The molecule has 0 aliphatic heterocycles. The Balaban J connectivity index is 2.58. The molecule has 1 heterocycles. The molecule has 4 nitrogen and oxygen atoms in total. The fourth-order valence-corrected chi connectivity index (χ4v) is 1.75. The van der Waals surface area contributed by atoms with E-state index in [4.69, 9.17) is 5.26 Å². The first-order valence-corrected chi connectivity index (χ1v) is 5.94. The number of nitriles is 1. The molecule has 0 bridgehead atoms. The molecule has 0 saturated heterocycles. The SMILES string of the molecule is CCCn1nc(-c2ccc(F)cc2)cc(C#N)c1=O. The molecular formula is C14H12FN3O. The highest BCUT2D eigenvalue weighted by atomic mass is 19.1. The Kier molecular flexibility index (Phi) is 3.71. The third-order valence-electron chi connectivity index (χ3n) is 2.67. The van der Waals surface area contributed by atoms with Gasteiger partial charge in [0.1, 0.15) is 17.4 Å². The maximum atomic E-state index is 12.9. The highest BCUT2D eigenvalue weighted by molar-refractivity contribution is 5.59. The van der Waals surface area contributed by atoms with Crippen LogP contribution in [0.5, 0.6) is 0 Å². The van der Waals surface area contributed by atoms with Crippen molar-refractivity contribution in [2.75, 3.05) is 0 Å². The third kappa shape index (κ3) is 2.68. The summed E-state index contributed by atoms with van der Waals surface area (Å²) >= 11 is 0. The van der Waals surface area contributed by atoms with Gasteiger partial charge >= 0.3 is 0 Å². The van der Waals surface area contributed by atoms with Crippen LogP contribution in [0.2, 0.25) is 0 Å².